The number of allylic oxidation sites excluding steroid dienone is 1. The van der Waals surface area contributed by atoms with Crippen molar-refractivity contribution in [2.45, 2.75) is 13.1 Å². The minimum absolute atomic E-state index is 0.124. The summed E-state index contributed by atoms with van der Waals surface area (Å²) in [6.07, 6.45) is 5.11. The molecule has 5 rings (SSSR count). The molecule has 0 radical (unpaired) electrons. The average Bonchev–Trinajstić information content (AvgIpc) is 3.10. The van der Waals surface area contributed by atoms with Crippen molar-refractivity contribution in [1.29, 1.82) is 0 Å². The Hall–Kier alpha value is -3.64. The minimum Gasteiger partial charge on any atom is -0.497 e. The number of ether oxygens (including phenoxy) is 3. The van der Waals surface area contributed by atoms with E-state index in [1.165, 1.54) is 0 Å². The molecule has 2 aliphatic heterocycles. The lowest BCUT2D eigenvalue weighted by Gasteiger charge is -2.29. The van der Waals surface area contributed by atoms with Gasteiger partial charge in [0.25, 0.3) is 0 Å². The summed E-state index contributed by atoms with van der Waals surface area (Å²) in [5.41, 5.74) is 3.40. The molecule has 0 atom stereocenters. The van der Waals surface area contributed by atoms with Gasteiger partial charge in [0.1, 0.15) is 24.0 Å². The first-order valence-corrected chi connectivity index (χ1v) is 9.69. The van der Waals surface area contributed by atoms with E-state index in [4.69, 9.17) is 14.2 Å². The van der Waals surface area contributed by atoms with E-state index in [0.717, 1.165) is 28.2 Å². The Balaban J connectivity index is 1.41. The summed E-state index contributed by atoms with van der Waals surface area (Å²) >= 11 is 0. The molecule has 0 saturated carbocycles. The smallest absolute Gasteiger partial charge is 0.231 e. The van der Waals surface area contributed by atoms with Crippen LogP contribution in [0.4, 0.5) is 0 Å². The maximum Gasteiger partial charge on any atom is 0.231 e. The van der Waals surface area contributed by atoms with Crippen LogP contribution in [-0.4, -0.2) is 29.5 Å². The molecule has 0 bridgehead atoms. The molecule has 0 amide bonds. The summed E-state index contributed by atoms with van der Waals surface area (Å²) in [4.78, 5) is 19.1. The van der Waals surface area contributed by atoms with Gasteiger partial charge in [0.2, 0.25) is 5.78 Å². The number of carbonyl (C=O) groups is 1. The molecular formula is C24H20N2O4. The van der Waals surface area contributed by atoms with Crippen LogP contribution in [0.25, 0.3) is 6.08 Å². The Bertz CT molecular complexity index is 1140. The van der Waals surface area contributed by atoms with E-state index in [1.807, 2.05) is 36.4 Å². The molecule has 1 aromatic heterocycles. The molecule has 0 N–H and O–H groups in total. The minimum atomic E-state index is -0.124. The zero-order valence-electron chi connectivity index (χ0n) is 16.5. The van der Waals surface area contributed by atoms with Gasteiger partial charge in [-0.2, -0.15) is 0 Å². The van der Waals surface area contributed by atoms with E-state index in [9.17, 15) is 4.79 Å². The topological polar surface area (TPSA) is 60.9 Å². The lowest BCUT2D eigenvalue weighted by molar-refractivity contribution is 0.0872. The highest BCUT2D eigenvalue weighted by atomic mass is 16.5. The molecule has 30 heavy (non-hydrogen) atoms. The van der Waals surface area contributed by atoms with Crippen LogP contribution in [0, 0.1) is 0 Å². The van der Waals surface area contributed by atoms with Crippen LogP contribution in [0.2, 0.25) is 0 Å². The Kier molecular flexibility index (Phi) is 4.69. The molecule has 3 aromatic rings. The highest BCUT2D eigenvalue weighted by molar-refractivity contribution is 6.15. The Morgan fingerprint density at radius 3 is 2.97 bits per heavy atom. The van der Waals surface area contributed by atoms with Crippen molar-refractivity contribution < 1.29 is 19.0 Å². The number of nitrogens with zero attached hydrogens (tertiary/aromatic N) is 2. The van der Waals surface area contributed by atoms with Gasteiger partial charge >= 0.3 is 0 Å². The molecule has 3 heterocycles. The van der Waals surface area contributed by atoms with E-state index in [1.54, 1.807) is 31.6 Å². The number of Topliss-reactive ketones (excluding diaryl/α,β-unsaturated/α-hetero) is 1. The van der Waals surface area contributed by atoms with Crippen LogP contribution in [0.15, 0.2) is 66.7 Å². The zero-order valence-corrected chi connectivity index (χ0v) is 16.5. The largest absolute Gasteiger partial charge is 0.497 e. The first kappa shape index (κ1) is 18.4. The van der Waals surface area contributed by atoms with Gasteiger partial charge in [-0.1, -0.05) is 18.2 Å². The van der Waals surface area contributed by atoms with Crippen LogP contribution in [-0.2, 0) is 13.1 Å². The van der Waals surface area contributed by atoms with E-state index in [0.29, 0.717) is 36.9 Å². The van der Waals surface area contributed by atoms with Crippen molar-refractivity contribution >= 4 is 11.9 Å². The lowest BCUT2D eigenvalue weighted by atomic mass is 10.0. The molecular weight excluding hydrogens is 380 g/mol. The van der Waals surface area contributed by atoms with Gasteiger partial charge in [0.05, 0.1) is 18.2 Å². The first-order valence-electron chi connectivity index (χ1n) is 9.69. The molecule has 0 saturated heterocycles. The molecule has 0 fully saturated rings. The van der Waals surface area contributed by atoms with Crippen LogP contribution in [0.5, 0.6) is 17.2 Å². The van der Waals surface area contributed by atoms with Gasteiger partial charge in [0.15, 0.2) is 5.76 Å². The van der Waals surface area contributed by atoms with Crippen molar-refractivity contribution in [3.63, 3.8) is 0 Å². The third-order valence-electron chi connectivity index (χ3n) is 5.20. The first-order chi connectivity index (χ1) is 14.7. The van der Waals surface area contributed by atoms with E-state index >= 15 is 0 Å². The van der Waals surface area contributed by atoms with Crippen molar-refractivity contribution in [2.75, 3.05) is 13.8 Å². The molecule has 0 aliphatic carbocycles. The van der Waals surface area contributed by atoms with Crippen molar-refractivity contribution in [2.24, 2.45) is 0 Å². The molecule has 150 valence electrons. The molecule has 6 nitrogen and oxygen atoms in total. The lowest BCUT2D eigenvalue weighted by Crippen LogP contribution is -2.31. The number of rotatable bonds is 4. The van der Waals surface area contributed by atoms with E-state index < -0.39 is 0 Å². The summed E-state index contributed by atoms with van der Waals surface area (Å²) in [7, 11) is 1.66. The predicted molar refractivity (Wildman–Crippen MR) is 111 cm³/mol. The number of hydrogen-bond donors (Lipinski definition) is 0. The normalized spacial score (nSPS) is 16.6. The summed E-state index contributed by atoms with van der Waals surface area (Å²) in [6, 6.07) is 15.3. The second-order valence-corrected chi connectivity index (χ2v) is 7.26. The van der Waals surface area contributed by atoms with E-state index in [2.05, 4.69) is 16.0 Å². The Morgan fingerprint density at radius 1 is 1.20 bits per heavy atom. The van der Waals surface area contributed by atoms with Crippen molar-refractivity contribution in [3.05, 3.63) is 88.9 Å². The average molecular weight is 400 g/mol. The number of fused-ring (bicyclic) bond motifs is 3. The molecule has 0 spiro atoms. The summed E-state index contributed by atoms with van der Waals surface area (Å²) in [5, 5.41) is 0. The molecule has 0 unspecified atom stereocenters. The van der Waals surface area contributed by atoms with Gasteiger partial charge in [0, 0.05) is 25.5 Å². The zero-order chi connectivity index (χ0) is 20.5. The number of aromatic nitrogens is 1. The number of methoxy groups -OCH3 is 1. The molecule has 2 aliphatic rings. The predicted octanol–water partition coefficient (Wildman–Crippen LogP) is 4.06. The Labute approximate surface area is 174 Å². The fourth-order valence-corrected chi connectivity index (χ4v) is 3.75. The summed E-state index contributed by atoms with van der Waals surface area (Å²) in [6.45, 7) is 1.80. The molecule has 2 aromatic carbocycles. The fourth-order valence-electron chi connectivity index (χ4n) is 3.75. The second kappa shape index (κ2) is 7.65. The monoisotopic (exact) mass is 400 g/mol. The van der Waals surface area contributed by atoms with Gasteiger partial charge in [-0.3, -0.25) is 14.7 Å². The van der Waals surface area contributed by atoms with Crippen LogP contribution >= 0.6 is 0 Å². The SMILES string of the molecule is COc1cccc(CN2COc3ccc4c(c3C2)O/C(=C\c2cccnc2)C4=O)c1. The fraction of sp³-hybridized carbons (Fsp3) is 0.167. The van der Waals surface area contributed by atoms with Crippen molar-refractivity contribution in [3.8, 4) is 17.2 Å². The van der Waals surface area contributed by atoms with E-state index in [-0.39, 0.29) is 5.78 Å². The third-order valence-corrected chi connectivity index (χ3v) is 5.20. The summed E-state index contributed by atoms with van der Waals surface area (Å²) < 4.78 is 17.3. The molecule has 6 heteroatoms. The number of benzene rings is 2. The summed E-state index contributed by atoms with van der Waals surface area (Å²) in [5.74, 6) is 2.35. The number of pyridine rings is 1. The van der Waals surface area contributed by atoms with Gasteiger partial charge < -0.3 is 14.2 Å². The number of hydrogen-bond acceptors (Lipinski definition) is 6. The number of ketones is 1. The van der Waals surface area contributed by atoms with Crippen LogP contribution < -0.4 is 14.2 Å². The maximum absolute atomic E-state index is 12.8. The highest BCUT2D eigenvalue weighted by Crippen LogP contribution is 2.42. The number of carbonyl (C=O) groups excluding carboxylic acids is 1. The standard InChI is InChI=1S/C24H20N2O4/c1-28-18-6-2-4-17(10-18)13-26-14-20-21(29-15-26)8-7-19-23(27)22(30-24(19)20)11-16-5-3-9-25-12-16/h2-12H,13-15H2,1H3/b22-11-. The van der Waals surface area contributed by atoms with Crippen molar-refractivity contribution in [1.82, 2.24) is 9.88 Å². The quantitative estimate of drug-likeness (QED) is 0.616. The third kappa shape index (κ3) is 3.42. The maximum atomic E-state index is 12.8. The van der Waals surface area contributed by atoms with Gasteiger partial charge in [-0.15, -0.1) is 0 Å². The van der Waals surface area contributed by atoms with Gasteiger partial charge in [-0.05, 0) is 47.5 Å². The Morgan fingerprint density at radius 2 is 2.13 bits per heavy atom. The van der Waals surface area contributed by atoms with Gasteiger partial charge in [-0.25, -0.2) is 0 Å². The van der Waals surface area contributed by atoms with Crippen LogP contribution in [0.3, 0.4) is 0 Å². The second-order valence-electron chi connectivity index (χ2n) is 7.26. The highest BCUT2D eigenvalue weighted by Gasteiger charge is 2.33. The van der Waals surface area contributed by atoms with Crippen LogP contribution in [0.1, 0.15) is 27.0 Å².